The third kappa shape index (κ3) is 3.85. The highest BCUT2D eigenvalue weighted by Gasteiger charge is 2.47. The number of amides is 1. The molecule has 138 valence electrons. The van der Waals surface area contributed by atoms with Gasteiger partial charge in [0.25, 0.3) is 5.91 Å². The quantitative estimate of drug-likeness (QED) is 0.481. The van der Waals surface area contributed by atoms with Gasteiger partial charge in [-0.15, -0.1) is 0 Å². The van der Waals surface area contributed by atoms with Crippen LogP contribution in [0.15, 0.2) is 41.6 Å². The topological polar surface area (TPSA) is 92.0 Å². The van der Waals surface area contributed by atoms with Crippen LogP contribution in [0.4, 0.5) is 13.2 Å². The molecule has 2 unspecified atom stereocenters. The molecule has 1 aromatic heterocycles. The molecule has 26 heavy (non-hydrogen) atoms. The Balaban J connectivity index is 1.69. The molecule has 7 nitrogen and oxygen atoms in total. The first kappa shape index (κ1) is 17.9. The number of nitrogens with one attached hydrogen (secondary N) is 1. The van der Waals surface area contributed by atoms with E-state index in [0.29, 0.717) is 5.69 Å². The number of para-hydroxylation sites is 1. The highest BCUT2D eigenvalue weighted by atomic mass is 19.4. The minimum Gasteiger partial charge on any atom is -0.507 e. The van der Waals surface area contributed by atoms with Gasteiger partial charge < -0.3 is 9.84 Å². The lowest BCUT2D eigenvalue weighted by molar-refractivity contribution is -0.0611. The van der Waals surface area contributed by atoms with E-state index in [-0.39, 0.29) is 11.3 Å². The number of carbonyl (C=O) groups excluding carboxylic acids is 1. The van der Waals surface area contributed by atoms with E-state index in [0.717, 1.165) is 0 Å². The van der Waals surface area contributed by atoms with Crippen molar-refractivity contribution in [3.63, 3.8) is 0 Å². The van der Waals surface area contributed by atoms with E-state index in [1.807, 2.05) is 5.43 Å². The number of nitrogens with zero attached hydrogens (tertiary/aromatic N) is 3. The fourth-order valence-corrected chi connectivity index (χ4v) is 2.48. The molecule has 2 aromatic rings. The predicted molar refractivity (Wildman–Crippen MR) is 84.5 cm³/mol. The molecule has 1 amide bonds. The molecule has 1 aliphatic rings. The van der Waals surface area contributed by atoms with Gasteiger partial charge in [0.2, 0.25) is 0 Å². The number of carbonyl (C=O) groups is 1. The van der Waals surface area contributed by atoms with Gasteiger partial charge in [0.1, 0.15) is 17.6 Å². The van der Waals surface area contributed by atoms with Crippen molar-refractivity contribution in [2.75, 3.05) is 0 Å². The van der Waals surface area contributed by atoms with Gasteiger partial charge >= 0.3 is 6.18 Å². The standard InChI is InChI=1S/C16H15F3N4O3/c1-23-10(6-7-20-23)14-12(26-14)8-13(16(17,18)19)21-22-15(25)9-4-2-3-5-11(9)24/h2-7,12,14,24H,8H2,1H3,(H,22,25)/b21-13-. The van der Waals surface area contributed by atoms with Crippen LogP contribution in [0, 0.1) is 0 Å². The van der Waals surface area contributed by atoms with Gasteiger partial charge in [-0.3, -0.25) is 9.48 Å². The average molecular weight is 368 g/mol. The summed E-state index contributed by atoms with van der Waals surface area (Å²) in [6.07, 6.45) is -4.91. The van der Waals surface area contributed by atoms with Crippen molar-refractivity contribution >= 4 is 11.6 Å². The molecule has 0 radical (unpaired) electrons. The second-order valence-electron chi connectivity index (χ2n) is 5.69. The molecule has 2 heterocycles. The van der Waals surface area contributed by atoms with E-state index >= 15 is 0 Å². The van der Waals surface area contributed by atoms with E-state index in [9.17, 15) is 23.1 Å². The number of epoxide rings is 1. The molecule has 1 saturated heterocycles. The molecular formula is C16H15F3N4O3. The Bertz CT molecular complexity index is 847. The van der Waals surface area contributed by atoms with Gasteiger partial charge in [0.05, 0.1) is 17.4 Å². The van der Waals surface area contributed by atoms with E-state index in [2.05, 4.69) is 10.2 Å². The van der Waals surface area contributed by atoms with Crippen LogP contribution in [0.25, 0.3) is 0 Å². The fourth-order valence-electron chi connectivity index (χ4n) is 2.48. The Hall–Kier alpha value is -2.88. The minimum atomic E-state index is -4.73. The van der Waals surface area contributed by atoms with Gasteiger partial charge in [-0.25, -0.2) is 5.43 Å². The van der Waals surface area contributed by atoms with Gasteiger partial charge in [0.15, 0.2) is 0 Å². The van der Waals surface area contributed by atoms with Crippen LogP contribution in [-0.2, 0) is 11.8 Å². The average Bonchev–Trinajstić information content (AvgIpc) is 3.20. The maximum absolute atomic E-state index is 13.2. The third-order valence-corrected chi connectivity index (χ3v) is 3.90. The summed E-state index contributed by atoms with van der Waals surface area (Å²) in [6.45, 7) is 0. The largest absolute Gasteiger partial charge is 0.507 e. The Labute approximate surface area is 146 Å². The number of phenols is 1. The number of benzene rings is 1. The minimum absolute atomic E-state index is 0.173. The number of alkyl halides is 3. The number of rotatable bonds is 5. The zero-order valence-corrected chi connectivity index (χ0v) is 13.6. The number of aryl methyl sites for hydroxylation is 1. The summed E-state index contributed by atoms with van der Waals surface area (Å²) in [5.74, 6) is -1.29. The molecule has 1 aromatic carbocycles. The molecule has 1 fully saturated rings. The molecule has 0 saturated carbocycles. The Morgan fingerprint density at radius 1 is 1.38 bits per heavy atom. The molecule has 0 aliphatic carbocycles. The smallest absolute Gasteiger partial charge is 0.431 e. The zero-order valence-electron chi connectivity index (χ0n) is 13.6. The number of aromatic nitrogens is 2. The summed E-state index contributed by atoms with van der Waals surface area (Å²) in [4.78, 5) is 11.9. The number of phenolic OH excluding ortho intramolecular Hbond substituents is 1. The van der Waals surface area contributed by atoms with Gasteiger partial charge in [-0.2, -0.15) is 23.4 Å². The summed E-state index contributed by atoms with van der Waals surface area (Å²) in [7, 11) is 1.67. The Morgan fingerprint density at radius 3 is 2.73 bits per heavy atom. The normalized spacial score (nSPS) is 20.1. The van der Waals surface area contributed by atoms with E-state index < -0.39 is 36.4 Å². The second-order valence-corrected chi connectivity index (χ2v) is 5.69. The predicted octanol–water partition coefficient (Wildman–Crippen LogP) is 2.30. The number of hydrogen-bond donors (Lipinski definition) is 2. The molecular weight excluding hydrogens is 353 g/mol. The lowest BCUT2D eigenvalue weighted by atomic mass is 10.1. The molecule has 10 heteroatoms. The van der Waals surface area contributed by atoms with Crippen molar-refractivity contribution < 1.29 is 27.8 Å². The Kier molecular flexibility index (Phi) is 4.68. The number of halogens is 3. The molecule has 1 aliphatic heterocycles. The van der Waals surface area contributed by atoms with Crippen molar-refractivity contribution in [2.45, 2.75) is 24.8 Å². The van der Waals surface area contributed by atoms with Crippen LogP contribution in [0.3, 0.4) is 0 Å². The van der Waals surface area contributed by atoms with Gasteiger partial charge in [-0.1, -0.05) is 12.1 Å². The van der Waals surface area contributed by atoms with Crippen molar-refractivity contribution in [3.8, 4) is 5.75 Å². The van der Waals surface area contributed by atoms with Gasteiger partial charge in [-0.05, 0) is 18.2 Å². The first-order valence-corrected chi connectivity index (χ1v) is 7.63. The van der Waals surface area contributed by atoms with Crippen molar-refractivity contribution in [2.24, 2.45) is 12.1 Å². The fraction of sp³-hybridized carbons (Fsp3) is 0.312. The van der Waals surface area contributed by atoms with Gasteiger partial charge in [0, 0.05) is 19.7 Å². The van der Waals surface area contributed by atoms with E-state index in [4.69, 9.17) is 4.74 Å². The lowest BCUT2D eigenvalue weighted by Gasteiger charge is -2.10. The summed E-state index contributed by atoms with van der Waals surface area (Å²) in [5, 5.41) is 16.7. The van der Waals surface area contributed by atoms with Crippen LogP contribution < -0.4 is 5.43 Å². The van der Waals surface area contributed by atoms with Crippen molar-refractivity contribution in [1.29, 1.82) is 0 Å². The number of hydrogen-bond acceptors (Lipinski definition) is 5. The van der Waals surface area contributed by atoms with Crippen molar-refractivity contribution in [3.05, 3.63) is 47.8 Å². The van der Waals surface area contributed by atoms with Crippen LogP contribution in [-0.4, -0.2) is 38.8 Å². The maximum Gasteiger partial charge on any atom is 0.431 e. The molecule has 3 rings (SSSR count). The summed E-state index contributed by atoms with van der Waals surface area (Å²) >= 11 is 0. The monoisotopic (exact) mass is 368 g/mol. The molecule has 2 atom stereocenters. The lowest BCUT2D eigenvalue weighted by Crippen LogP contribution is -2.29. The van der Waals surface area contributed by atoms with Crippen molar-refractivity contribution in [1.82, 2.24) is 15.2 Å². The first-order valence-electron chi connectivity index (χ1n) is 7.63. The molecule has 0 spiro atoms. The second kappa shape index (κ2) is 6.79. The van der Waals surface area contributed by atoms with E-state index in [1.54, 1.807) is 13.1 Å². The SMILES string of the molecule is Cn1nccc1C1OC1C/C(=N/NC(=O)c1ccccc1O)C(F)(F)F. The van der Waals surface area contributed by atoms with E-state index in [1.165, 1.54) is 35.1 Å². The summed E-state index contributed by atoms with van der Waals surface area (Å²) in [5.41, 5.74) is 1.15. The highest BCUT2D eigenvalue weighted by Crippen LogP contribution is 2.42. The number of ether oxygens (including phenoxy) is 1. The first-order chi connectivity index (χ1) is 12.3. The summed E-state index contributed by atoms with van der Waals surface area (Å²) < 4.78 is 46.4. The highest BCUT2D eigenvalue weighted by molar-refractivity contribution is 5.98. The number of hydrazone groups is 1. The molecule has 0 bridgehead atoms. The van der Waals surface area contributed by atoms with Crippen LogP contribution in [0.5, 0.6) is 5.75 Å². The summed E-state index contributed by atoms with van der Waals surface area (Å²) in [6, 6.07) is 7.14. The zero-order chi connectivity index (χ0) is 18.9. The number of aromatic hydroxyl groups is 1. The van der Waals surface area contributed by atoms with Crippen LogP contribution >= 0.6 is 0 Å². The van der Waals surface area contributed by atoms with Crippen LogP contribution in [0.2, 0.25) is 0 Å². The third-order valence-electron chi connectivity index (χ3n) is 3.90. The Morgan fingerprint density at radius 2 is 2.12 bits per heavy atom. The maximum atomic E-state index is 13.2. The molecule has 2 N–H and O–H groups in total. The van der Waals surface area contributed by atoms with Crippen LogP contribution in [0.1, 0.15) is 28.6 Å².